The number of nitrogens with two attached hydrogens (primary N) is 1. The van der Waals surface area contributed by atoms with Crippen LogP contribution in [0.2, 0.25) is 0 Å². The van der Waals surface area contributed by atoms with Gasteiger partial charge in [-0.3, -0.25) is 4.79 Å². The summed E-state index contributed by atoms with van der Waals surface area (Å²) in [6.45, 7) is 4.40. The molecule has 0 amide bonds. The van der Waals surface area contributed by atoms with Gasteiger partial charge in [-0.05, 0) is 33.1 Å². The number of carbonyl (C=O) groups is 1. The Labute approximate surface area is 104 Å². The van der Waals surface area contributed by atoms with Gasteiger partial charge in [0.05, 0.1) is 12.7 Å². The molecule has 0 aliphatic heterocycles. The molecule has 1 unspecified atom stereocenters. The highest BCUT2D eigenvalue weighted by Crippen LogP contribution is 2.21. The zero-order valence-electron chi connectivity index (χ0n) is 11.0. The van der Waals surface area contributed by atoms with Gasteiger partial charge in [-0.2, -0.15) is 0 Å². The van der Waals surface area contributed by atoms with Gasteiger partial charge in [0.15, 0.2) is 0 Å². The first-order valence-electron chi connectivity index (χ1n) is 6.64. The summed E-state index contributed by atoms with van der Waals surface area (Å²) in [5, 5.41) is 0. The minimum Gasteiger partial charge on any atom is -0.465 e. The quantitative estimate of drug-likeness (QED) is 0.725. The minimum absolute atomic E-state index is 0.341. The van der Waals surface area contributed by atoms with Crippen LogP contribution in [0.25, 0.3) is 0 Å². The van der Waals surface area contributed by atoms with E-state index < -0.39 is 5.54 Å². The van der Waals surface area contributed by atoms with E-state index in [9.17, 15) is 4.79 Å². The second-order valence-corrected chi connectivity index (χ2v) is 5.02. The molecule has 0 saturated heterocycles. The Bertz CT molecular complexity index is 235. The third-order valence-electron chi connectivity index (χ3n) is 3.27. The predicted octanol–water partition coefficient (Wildman–Crippen LogP) is 2.01. The van der Waals surface area contributed by atoms with Crippen LogP contribution in [-0.2, 0) is 14.3 Å². The Morgan fingerprint density at radius 1 is 1.35 bits per heavy atom. The van der Waals surface area contributed by atoms with Gasteiger partial charge >= 0.3 is 5.97 Å². The molecule has 1 rings (SSSR count). The van der Waals surface area contributed by atoms with Crippen molar-refractivity contribution in [3.63, 3.8) is 0 Å². The molecule has 0 aromatic heterocycles. The topological polar surface area (TPSA) is 61.5 Å². The predicted molar refractivity (Wildman–Crippen MR) is 66.7 cm³/mol. The van der Waals surface area contributed by atoms with Crippen molar-refractivity contribution in [2.75, 3.05) is 13.2 Å². The van der Waals surface area contributed by atoms with E-state index in [-0.39, 0.29) is 5.97 Å². The Morgan fingerprint density at radius 3 is 2.59 bits per heavy atom. The van der Waals surface area contributed by atoms with Crippen molar-refractivity contribution < 1.29 is 14.3 Å². The number of rotatable bonds is 6. The molecule has 0 bridgehead atoms. The number of hydrogen-bond acceptors (Lipinski definition) is 4. The van der Waals surface area contributed by atoms with Gasteiger partial charge in [-0.15, -0.1) is 0 Å². The van der Waals surface area contributed by atoms with Crippen molar-refractivity contribution in [3.05, 3.63) is 0 Å². The molecule has 1 atom stereocenters. The SMILES string of the molecule is CCOC(=O)C(C)(N)CCOC1CCCCC1. The lowest BCUT2D eigenvalue weighted by Gasteiger charge is -2.25. The molecule has 4 nitrogen and oxygen atoms in total. The lowest BCUT2D eigenvalue weighted by Crippen LogP contribution is -2.47. The maximum atomic E-state index is 11.5. The molecule has 0 radical (unpaired) electrons. The van der Waals surface area contributed by atoms with E-state index in [1.165, 1.54) is 19.3 Å². The van der Waals surface area contributed by atoms with E-state index >= 15 is 0 Å². The molecule has 4 heteroatoms. The molecular weight excluding hydrogens is 218 g/mol. The standard InChI is InChI=1S/C13H25NO3/c1-3-16-12(15)13(2,14)9-10-17-11-7-5-4-6-8-11/h11H,3-10,14H2,1-2H3. The summed E-state index contributed by atoms with van der Waals surface area (Å²) >= 11 is 0. The lowest BCUT2D eigenvalue weighted by molar-refractivity contribution is -0.150. The zero-order chi connectivity index (χ0) is 12.7. The van der Waals surface area contributed by atoms with Gasteiger partial charge in [0.2, 0.25) is 0 Å². The number of carbonyl (C=O) groups excluding carboxylic acids is 1. The van der Waals surface area contributed by atoms with Gasteiger partial charge in [0.1, 0.15) is 5.54 Å². The van der Waals surface area contributed by atoms with Crippen LogP contribution < -0.4 is 5.73 Å². The van der Waals surface area contributed by atoms with Gasteiger partial charge < -0.3 is 15.2 Å². The maximum Gasteiger partial charge on any atom is 0.325 e. The molecule has 0 spiro atoms. The maximum absolute atomic E-state index is 11.5. The van der Waals surface area contributed by atoms with Gasteiger partial charge in [-0.1, -0.05) is 19.3 Å². The van der Waals surface area contributed by atoms with Crippen molar-refractivity contribution in [2.45, 2.75) is 64.0 Å². The molecule has 1 saturated carbocycles. The van der Waals surface area contributed by atoms with Crippen LogP contribution in [0.1, 0.15) is 52.4 Å². The van der Waals surface area contributed by atoms with Gasteiger partial charge in [-0.25, -0.2) is 0 Å². The fraction of sp³-hybridized carbons (Fsp3) is 0.923. The highest BCUT2D eigenvalue weighted by atomic mass is 16.5. The van der Waals surface area contributed by atoms with Crippen LogP contribution in [0.3, 0.4) is 0 Å². The van der Waals surface area contributed by atoms with E-state index in [4.69, 9.17) is 15.2 Å². The highest BCUT2D eigenvalue weighted by molar-refractivity contribution is 5.79. The van der Waals surface area contributed by atoms with Crippen LogP contribution in [0.5, 0.6) is 0 Å². The molecule has 1 aliphatic carbocycles. The van der Waals surface area contributed by atoms with Crippen molar-refractivity contribution in [3.8, 4) is 0 Å². The molecule has 2 N–H and O–H groups in total. The molecule has 1 aliphatic rings. The first-order valence-corrected chi connectivity index (χ1v) is 6.64. The fourth-order valence-electron chi connectivity index (χ4n) is 2.07. The van der Waals surface area contributed by atoms with Crippen LogP contribution in [0.4, 0.5) is 0 Å². The summed E-state index contributed by atoms with van der Waals surface area (Å²) in [5.74, 6) is -0.341. The van der Waals surface area contributed by atoms with E-state index in [1.54, 1.807) is 13.8 Å². The smallest absolute Gasteiger partial charge is 0.325 e. The first-order chi connectivity index (χ1) is 8.06. The van der Waals surface area contributed by atoms with E-state index in [0.717, 1.165) is 12.8 Å². The van der Waals surface area contributed by atoms with Crippen LogP contribution >= 0.6 is 0 Å². The molecule has 1 fully saturated rings. The lowest BCUT2D eigenvalue weighted by atomic mass is 9.97. The Hall–Kier alpha value is -0.610. The van der Waals surface area contributed by atoms with Gasteiger partial charge in [0.25, 0.3) is 0 Å². The third kappa shape index (κ3) is 5.04. The molecule has 0 aromatic rings. The van der Waals surface area contributed by atoms with Crippen LogP contribution in [0, 0.1) is 0 Å². The van der Waals surface area contributed by atoms with E-state index in [0.29, 0.717) is 25.7 Å². The first kappa shape index (κ1) is 14.5. The normalized spacial score (nSPS) is 20.9. The molecule has 0 heterocycles. The fourth-order valence-corrected chi connectivity index (χ4v) is 2.07. The summed E-state index contributed by atoms with van der Waals surface area (Å²) in [7, 11) is 0. The summed E-state index contributed by atoms with van der Waals surface area (Å²) in [6, 6.07) is 0. The number of hydrogen-bond donors (Lipinski definition) is 1. The zero-order valence-corrected chi connectivity index (χ0v) is 11.0. The molecule has 0 aromatic carbocycles. The Balaban J connectivity index is 2.21. The van der Waals surface area contributed by atoms with Crippen LogP contribution in [-0.4, -0.2) is 30.8 Å². The van der Waals surface area contributed by atoms with E-state index in [2.05, 4.69) is 0 Å². The summed E-state index contributed by atoms with van der Waals surface area (Å²) < 4.78 is 10.7. The second-order valence-electron chi connectivity index (χ2n) is 5.02. The monoisotopic (exact) mass is 243 g/mol. The van der Waals surface area contributed by atoms with E-state index in [1.807, 2.05) is 0 Å². The van der Waals surface area contributed by atoms with Crippen molar-refractivity contribution in [1.29, 1.82) is 0 Å². The largest absolute Gasteiger partial charge is 0.465 e. The molecule has 17 heavy (non-hydrogen) atoms. The number of ether oxygens (including phenoxy) is 2. The summed E-state index contributed by atoms with van der Waals surface area (Å²) in [5.41, 5.74) is 4.98. The highest BCUT2D eigenvalue weighted by Gasteiger charge is 2.30. The number of esters is 1. The van der Waals surface area contributed by atoms with Gasteiger partial charge in [0, 0.05) is 6.61 Å². The van der Waals surface area contributed by atoms with Crippen molar-refractivity contribution in [2.24, 2.45) is 5.73 Å². The average molecular weight is 243 g/mol. The van der Waals surface area contributed by atoms with Crippen molar-refractivity contribution >= 4 is 5.97 Å². The summed E-state index contributed by atoms with van der Waals surface area (Å²) in [6.07, 6.45) is 6.98. The Morgan fingerprint density at radius 2 is 2.00 bits per heavy atom. The van der Waals surface area contributed by atoms with Crippen LogP contribution in [0.15, 0.2) is 0 Å². The minimum atomic E-state index is -0.926. The van der Waals surface area contributed by atoms with Crippen molar-refractivity contribution in [1.82, 2.24) is 0 Å². The molecular formula is C13H25NO3. The average Bonchev–Trinajstić information content (AvgIpc) is 2.30. The molecule has 100 valence electrons. The second kappa shape index (κ2) is 6.97. The summed E-state index contributed by atoms with van der Waals surface area (Å²) in [4.78, 5) is 11.5. The third-order valence-corrected chi connectivity index (χ3v) is 3.27. The Kier molecular flexibility index (Phi) is 5.92.